The fraction of sp³-hybridized carbons (Fsp3) is 0. The zero-order valence-electron chi connectivity index (χ0n) is 30.9. The normalized spacial score (nSPS) is 12.0. The van der Waals surface area contributed by atoms with E-state index in [-0.39, 0.29) is 0 Å². The van der Waals surface area contributed by atoms with Gasteiger partial charge in [-0.1, -0.05) is 76.4 Å². The number of hydrogen-bond donors (Lipinski definition) is 3. The number of rotatable bonds is 6. The first-order valence-corrected chi connectivity index (χ1v) is 20.6. The maximum Gasteiger partial charge on any atom is 0.247 e. The van der Waals surface area contributed by atoms with Crippen LogP contribution in [0.2, 0.25) is 0 Å². The van der Waals surface area contributed by atoms with Crippen LogP contribution >= 0.6 is 22.9 Å². The van der Waals surface area contributed by atoms with Crippen LogP contribution in [0.3, 0.4) is 0 Å². The molecule has 7 aromatic heterocycles. The number of aromatic amines is 3. The molecule has 13 aromatic rings. The molecule has 3 N–H and O–H groups in total. The molecule has 7 heterocycles. The number of para-hydroxylation sites is 4. The average molecular weight is 813 g/mol. The summed E-state index contributed by atoms with van der Waals surface area (Å²) in [5.74, 6) is 1.00. The van der Waals surface area contributed by atoms with E-state index < -0.39 is 0 Å². The van der Waals surface area contributed by atoms with E-state index in [4.69, 9.17) is 39.6 Å². The van der Waals surface area contributed by atoms with Gasteiger partial charge in [0.25, 0.3) is 0 Å². The van der Waals surface area contributed by atoms with Gasteiger partial charge in [0.1, 0.15) is 38.8 Å². The Labute approximate surface area is 345 Å². The second-order valence-electron chi connectivity index (χ2n) is 14.2. The second kappa shape index (κ2) is 12.7. The molecule has 0 fully saturated rings. The molecular weight excluding hydrogens is 789 g/mol. The van der Waals surface area contributed by atoms with Gasteiger partial charge in [0.05, 0.1) is 37.0 Å². The Bertz CT molecular complexity index is 3750. The first kappa shape index (κ1) is 33.0. The number of aromatic nitrogens is 12. The highest BCUT2D eigenvalue weighted by molar-refractivity contribution is 7.21. The summed E-state index contributed by atoms with van der Waals surface area (Å²) >= 11 is 2.94. The van der Waals surface area contributed by atoms with Gasteiger partial charge < -0.3 is 9.40 Å². The van der Waals surface area contributed by atoms with Gasteiger partial charge in [0, 0.05) is 56.5 Å². The van der Waals surface area contributed by atoms with Crippen molar-refractivity contribution in [3.63, 3.8) is 0 Å². The first-order valence-electron chi connectivity index (χ1n) is 19.0. The Morgan fingerprint density at radius 2 is 1.40 bits per heavy atom. The summed E-state index contributed by atoms with van der Waals surface area (Å²) in [6.07, 6.45) is 3.57. The highest BCUT2D eigenvalue weighted by atomic mass is 32.1. The average Bonchev–Trinajstić information content (AvgIpc) is 4.15. The molecular formula is C45H24N12OS2. The van der Waals surface area contributed by atoms with Crippen molar-refractivity contribution in [1.82, 2.24) is 60.1 Å². The van der Waals surface area contributed by atoms with Crippen molar-refractivity contribution < 1.29 is 4.42 Å². The van der Waals surface area contributed by atoms with Crippen LogP contribution in [0.1, 0.15) is 0 Å². The van der Waals surface area contributed by atoms with E-state index >= 15 is 0 Å². The molecule has 6 aromatic carbocycles. The quantitative estimate of drug-likeness (QED) is 0.146. The fourth-order valence-electron chi connectivity index (χ4n) is 8.36. The minimum absolute atomic E-state index is 0.356. The molecule has 0 aliphatic heterocycles. The minimum Gasteiger partial charge on any atom is -0.435 e. The monoisotopic (exact) mass is 812 g/mol. The predicted octanol–water partition coefficient (Wildman–Crippen LogP) is 10.9. The summed E-state index contributed by atoms with van der Waals surface area (Å²) < 4.78 is 13.0. The van der Waals surface area contributed by atoms with Crippen LogP contribution in [0.15, 0.2) is 132 Å². The molecule has 0 saturated carbocycles. The van der Waals surface area contributed by atoms with E-state index in [2.05, 4.69) is 55.2 Å². The Hall–Kier alpha value is -8.01. The van der Waals surface area contributed by atoms with Gasteiger partial charge in [0.15, 0.2) is 5.58 Å². The number of benzene rings is 6. The lowest BCUT2D eigenvalue weighted by molar-refractivity contribution is 0.617. The van der Waals surface area contributed by atoms with E-state index in [1.165, 1.54) is 11.5 Å². The molecule has 0 bridgehead atoms. The van der Waals surface area contributed by atoms with E-state index in [0.717, 1.165) is 91.9 Å². The van der Waals surface area contributed by atoms with Crippen molar-refractivity contribution in [2.24, 2.45) is 0 Å². The lowest BCUT2D eigenvalue weighted by atomic mass is 9.83. The number of imidazole rings is 1. The van der Waals surface area contributed by atoms with Crippen LogP contribution in [-0.4, -0.2) is 60.1 Å². The first-order chi connectivity index (χ1) is 29.7. The van der Waals surface area contributed by atoms with Gasteiger partial charge in [0.2, 0.25) is 5.89 Å². The molecule has 0 spiro atoms. The third kappa shape index (κ3) is 4.87. The summed E-state index contributed by atoms with van der Waals surface area (Å²) in [6, 6.07) is 38.3. The van der Waals surface area contributed by atoms with E-state index in [9.17, 15) is 0 Å². The van der Waals surface area contributed by atoms with Crippen LogP contribution in [0.25, 0.3) is 131 Å². The van der Waals surface area contributed by atoms with Gasteiger partial charge in [-0.2, -0.15) is 5.10 Å². The number of pyridine rings is 1. The van der Waals surface area contributed by atoms with Gasteiger partial charge >= 0.3 is 0 Å². The van der Waals surface area contributed by atoms with Crippen molar-refractivity contribution in [3.05, 3.63) is 128 Å². The van der Waals surface area contributed by atoms with Crippen LogP contribution in [-0.2, 0) is 0 Å². The Morgan fingerprint density at radius 3 is 2.30 bits per heavy atom. The number of H-pyrrole nitrogens is 3. The second-order valence-corrected chi connectivity index (χ2v) is 16.1. The van der Waals surface area contributed by atoms with E-state index in [1.54, 1.807) is 17.5 Å². The van der Waals surface area contributed by atoms with Crippen molar-refractivity contribution in [3.8, 4) is 67.1 Å². The molecule has 0 radical (unpaired) electrons. The maximum absolute atomic E-state index is 6.62. The van der Waals surface area contributed by atoms with Crippen LogP contribution in [0.5, 0.6) is 0 Å². The zero-order valence-corrected chi connectivity index (χ0v) is 32.5. The van der Waals surface area contributed by atoms with Gasteiger partial charge in [-0.15, -0.1) is 21.5 Å². The largest absolute Gasteiger partial charge is 0.435 e. The minimum atomic E-state index is 0.356. The predicted molar refractivity (Wildman–Crippen MR) is 235 cm³/mol. The van der Waals surface area contributed by atoms with Crippen LogP contribution in [0.4, 0.5) is 0 Å². The molecule has 282 valence electrons. The Balaban J connectivity index is 1.32. The van der Waals surface area contributed by atoms with E-state index in [1.807, 2.05) is 91.1 Å². The molecule has 13 nitrogen and oxygen atoms in total. The zero-order chi connectivity index (χ0) is 39.3. The van der Waals surface area contributed by atoms with Crippen molar-refractivity contribution in [2.45, 2.75) is 0 Å². The molecule has 0 unspecified atom stereocenters. The third-order valence-corrected chi connectivity index (χ3v) is 12.7. The highest BCUT2D eigenvalue weighted by Gasteiger charge is 2.32. The Morgan fingerprint density at radius 1 is 0.583 bits per heavy atom. The number of nitrogens with zero attached hydrogens (tertiary/aromatic N) is 9. The molecule has 0 aliphatic carbocycles. The van der Waals surface area contributed by atoms with Gasteiger partial charge in [-0.05, 0) is 60.1 Å². The van der Waals surface area contributed by atoms with Crippen molar-refractivity contribution in [1.29, 1.82) is 0 Å². The number of oxazole rings is 1. The number of fused-ring (bicyclic) bond motifs is 6. The smallest absolute Gasteiger partial charge is 0.247 e. The van der Waals surface area contributed by atoms with Crippen LogP contribution < -0.4 is 0 Å². The third-order valence-electron chi connectivity index (χ3n) is 10.9. The highest BCUT2D eigenvalue weighted by Crippen LogP contribution is 2.54. The summed E-state index contributed by atoms with van der Waals surface area (Å²) in [4.78, 5) is 24.2. The lowest BCUT2D eigenvalue weighted by Gasteiger charge is -2.22. The molecule has 13 rings (SSSR count). The van der Waals surface area contributed by atoms with Crippen molar-refractivity contribution >= 4 is 87.2 Å². The lowest BCUT2D eigenvalue weighted by Crippen LogP contribution is -2.02. The topological polar surface area (TPSA) is 177 Å². The van der Waals surface area contributed by atoms with Crippen LogP contribution in [0, 0.1) is 0 Å². The summed E-state index contributed by atoms with van der Waals surface area (Å²) in [7, 11) is 0. The Kier molecular flexibility index (Phi) is 7.01. The summed E-state index contributed by atoms with van der Waals surface area (Å²) in [6.45, 7) is 0. The molecule has 15 heteroatoms. The maximum atomic E-state index is 6.62. The molecule has 0 atom stereocenters. The standard InChI is InChI=1S/C45H24N12OS2/c1-2-12-26-22(9-1)41(53-51-26)37-34(23-11-8-18-33-40(23)55-57-60-33)25(43-46-19-20-47-43)21-30-36(37)35(24-10-7-15-29-39(24)54-56-52-29)38(45-50-28-14-4-6-17-32(28)59-45)42(48-30)44-49-27-13-3-5-16-31(27)58-44/h1-21H,(H,46,47)(H,51,53)(H,52,54,56). The summed E-state index contributed by atoms with van der Waals surface area (Å²) in [5, 5.41) is 27.7. The fourth-order valence-corrected chi connectivity index (χ4v) is 9.97. The number of thiazole rings is 1. The van der Waals surface area contributed by atoms with E-state index in [0.29, 0.717) is 39.5 Å². The molecule has 60 heavy (non-hydrogen) atoms. The molecule has 0 saturated heterocycles. The number of hydrogen-bond acceptors (Lipinski definition) is 12. The van der Waals surface area contributed by atoms with Gasteiger partial charge in [-0.25, -0.2) is 19.9 Å². The van der Waals surface area contributed by atoms with Gasteiger partial charge in [-0.3, -0.25) is 10.2 Å². The molecule has 0 aliphatic rings. The van der Waals surface area contributed by atoms with Crippen molar-refractivity contribution in [2.75, 3.05) is 0 Å². The molecule has 0 amide bonds. The number of nitrogens with one attached hydrogen (secondary N) is 3. The summed E-state index contributed by atoms with van der Waals surface area (Å²) in [5.41, 5.74) is 12.9. The SMILES string of the molecule is c1ccc2oc(-c3nc4cc(-c5ncc[nH]5)c(-c5cccc6snnc56)c(-c5n[nH]c6ccccc56)c4c(-c4cccc5[nH]nnc45)c3-c3nc4ccccc4s3)nc2c1.